The van der Waals surface area contributed by atoms with Crippen molar-refractivity contribution >= 4 is 10.0 Å². The molecule has 1 fully saturated rings. The van der Waals surface area contributed by atoms with Crippen molar-refractivity contribution in [3.05, 3.63) is 70.8 Å². The third kappa shape index (κ3) is 4.85. The fraction of sp³-hybridized carbons (Fsp3) is 0.440. The van der Waals surface area contributed by atoms with Crippen LogP contribution in [0.2, 0.25) is 0 Å². The second kappa shape index (κ2) is 9.59. The minimum Gasteiger partial charge on any atom is -0.497 e. The smallest absolute Gasteiger partial charge is 0.243 e. The van der Waals surface area contributed by atoms with Gasteiger partial charge < -0.3 is 15.2 Å². The largest absolute Gasteiger partial charge is 0.497 e. The average molecular weight is 506 g/mol. The number of hydrogen-bond donors (Lipinski definition) is 1. The van der Waals surface area contributed by atoms with Crippen LogP contribution in [0, 0.1) is 17.6 Å². The summed E-state index contributed by atoms with van der Waals surface area (Å²) < 4.78 is 66.4. The van der Waals surface area contributed by atoms with E-state index in [-0.39, 0.29) is 16.4 Å². The number of benzene rings is 2. The quantitative estimate of drug-likeness (QED) is 0.608. The first-order valence-corrected chi connectivity index (χ1v) is 13.1. The number of methoxy groups -OCH3 is 1. The highest BCUT2D eigenvalue weighted by atomic mass is 32.2. The van der Waals surface area contributed by atoms with Gasteiger partial charge in [0.25, 0.3) is 0 Å². The second-order valence-electron chi connectivity index (χ2n) is 9.51. The van der Waals surface area contributed by atoms with Gasteiger partial charge in [0.2, 0.25) is 10.0 Å². The molecule has 3 aliphatic heterocycles. The van der Waals surface area contributed by atoms with Crippen molar-refractivity contribution in [1.29, 1.82) is 0 Å². The molecule has 5 rings (SSSR count). The fourth-order valence-corrected chi connectivity index (χ4v) is 6.74. The van der Waals surface area contributed by atoms with Gasteiger partial charge in [-0.15, -0.1) is 0 Å². The van der Waals surface area contributed by atoms with Crippen LogP contribution in [0.25, 0.3) is 0 Å². The molecule has 0 aliphatic carbocycles. The lowest BCUT2D eigenvalue weighted by Gasteiger charge is -2.36. The molecule has 188 valence electrons. The zero-order chi connectivity index (χ0) is 24.7. The first-order valence-electron chi connectivity index (χ1n) is 11.6. The Hall–Kier alpha value is -2.37. The molecule has 3 atom stereocenters. The van der Waals surface area contributed by atoms with Crippen molar-refractivity contribution in [3.8, 4) is 5.75 Å². The van der Waals surface area contributed by atoms with E-state index >= 15 is 0 Å². The van der Waals surface area contributed by atoms with Gasteiger partial charge in [0.15, 0.2) is 0 Å². The van der Waals surface area contributed by atoms with Crippen molar-refractivity contribution in [2.45, 2.75) is 23.5 Å². The van der Waals surface area contributed by atoms with E-state index in [1.165, 1.54) is 4.31 Å². The van der Waals surface area contributed by atoms with Gasteiger partial charge in [-0.25, -0.2) is 17.2 Å². The molecule has 35 heavy (non-hydrogen) atoms. The Balaban J connectivity index is 1.15. The number of ether oxygens (including phenoxy) is 2. The van der Waals surface area contributed by atoms with Crippen LogP contribution < -0.4 is 10.5 Å². The summed E-state index contributed by atoms with van der Waals surface area (Å²) in [6.45, 7) is 3.36. The van der Waals surface area contributed by atoms with Gasteiger partial charge in [0.1, 0.15) is 23.5 Å². The van der Waals surface area contributed by atoms with Crippen molar-refractivity contribution < 1.29 is 26.7 Å². The van der Waals surface area contributed by atoms with Crippen LogP contribution in [0.15, 0.2) is 58.5 Å². The first-order chi connectivity index (χ1) is 16.7. The molecule has 3 heterocycles. The maximum absolute atomic E-state index is 14.2. The number of sulfonamides is 1. The van der Waals surface area contributed by atoms with Gasteiger partial charge in [-0.1, -0.05) is 0 Å². The van der Waals surface area contributed by atoms with Gasteiger partial charge in [0, 0.05) is 44.3 Å². The summed E-state index contributed by atoms with van der Waals surface area (Å²) in [6.07, 6.45) is -0.0277. The minimum absolute atomic E-state index is 0.163. The molecule has 1 saturated heterocycles. The topological polar surface area (TPSA) is 85.1 Å². The Morgan fingerprint density at radius 1 is 1.06 bits per heavy atom. The van der Waals surface area contributed by atoms with Gasteiger partial charge in [-0.2, -0.15) is 4.31 Å². The van der Waals surface area contributed by atoms with E-state index in [4.69, 9.17) is 15.2 Å². The molecular formula is C25H29F2N3O4S. The molecule has 0 saturated carbocycles. The molecule has 2 aromatic carbocycles. The van der Waals surface area contributed by atoms with Gasteiger partial charge in [-0.05, 0) is 65.9 Å². The molecule has 0 radical (unpaired) electrons. The molecule has 0 spiro atoms. The summed E-state index contributed by atoms with van der Waals surface area (Å²) in [6, 6.07) is 9.34. The third-order valence-corrected chi connectivity index (χ3v) is 8.85. The normalized spacial score (nSPS) is 25.8. The van der Waals surface area contributed by atoms with Crippen LogP contribution in [0.5, 0.6) is 5.75 Å². The van der Waals surface area contributed by atoms with Crippen LogP contribution >= 0.6 is 0 Å². The number of rotatable bonds is 6. The molecular weight excluding hydrogens is 476 g/mol. The molecule has 0 aromatic heterocycles. The summed E-state index contributed by atoms with van der Waals surface area (Å²) in [5, 5.41) is 0. The van der Waals surface area contributed by atoms with Gasteiger partial charge in [0.05, 0.1) is 18.6 Å². The Morgan fingerprint density at radius 3 is 2.37 bits per heavy atom. The maximum Gasteiger partial charge on any atom is 0.243 e. The maximum atomic E-state index is 14.2. The van der Waals surface area contributed by atoms with E-state index in [2.05, 4.69) is 4.90 Å². The van der Waals surface area contributed by atoms with Crippen molar-refractivity contribution in [1.82, 2.24) is 9.21 Å². The SMILES string of the molecule is COc1ccc(S(=O)(=O)N2CC3=C(CN(C[C@H]4CO[C@H](c5cc(F)ccc5F)[C@@H](N)C4)C3)C2)cc1. The van der Waals surface area contributed by atoms with E-state index in [9.17, 15) is 17.2 Å². The minimum atomic E-state index is -3.57. The number of nitrogens with two attached hydrogens (primary N) is 1. The van der Waals surface area contributed by atoms with E-state index in [1.807, 2.05) is 0 Å². The lowest BCUT2D eigenvalue weighted by atomic mass is 9.90. The lowest BCUT2D eigenvalue weighted by molar-refractivity contribution is -0.0394. The molecule has 0 amide bonds. The standard InChI is InChI=1S/C25H29F2N3O4S/c1-33-20-3-5-21(6-4-20)35(31,32)30-13-17-11-29(12-18(17)14-30)10-16-8-24(28)25(34-15-16)22-9-19(26)2-7-23(22)27/h2-7,9,16,24-25H,8,10-15,28H2,1H3/t16-,24-,25+/m0/s1. The van der Waals surface area contributed by atoms with E-state index in [0.717, 1.165) is 35.9 Å². The van der Waals surface area contributed by atoms with E-state index < -0.39 is 33.8 Å². The fourth-order valence-electron chi connectivity index (χ4n) is 5.31. The highest BCUT2D eigenvalue weighted by Crippen LogP contribution is 2.34. The number of halogens is 2. The highest BCUT2D eigenvalue weighted by Gasteiger charge is 2.38. The first kappa shape index (κ1) is 24.3. The summed E-state index contributed by atoms with van der Waals surface area (Å²) >= 11 is 0. The summed E-state index contributed by atoms with van der Waals surface area (Å²) in [4.78, 5) is 2.54. The van der Waals surface area contributed by atoms with Crippen LogP contribution in [0.1, 0.15) is 18.1 Å². The third-order valence-electron chi connectivity index (χ3n) is 7.05. The summed E-state index contributed by atoms with van der Waals surface area (Å²) in [5.41, 5.74) is 8.75. The predicted octanol–water partition coefficient (Wildman–Crippen LogP) is 2.70. The summed E-state index contributed by atoms with van der Waals surface area (Å²) in [5.74, 6) is -0.253. The molecule has 7 nitrogen and oxygen atoms in total. The zero-order valence-corrected chi connectivity index (χ0v) is 20.3. The molecule has 3 aliphatic rings. The summed E-state index contributed by atoms with van der Waals surface area (Å²) in [7, 11) is -2.03. The zero-order valence-electron chi connectivity index (χ0n) is 19.5. The van der Waals surface area contributed by atoms with E-state index in [1.54, 1.807) is 31.4 Å². The Kier molecular flexibility index (Phi) is 6.67. The van der Waals surface area contributed by atoms with Gasteiger partial charge in [-0.3, -0.25) is 4.90 Å². The Bertz CT molecular complexity index is 1220. The predicted molar refractivity (Wildman–Crippen MR) is 126 cm³/mol. The highest BCUT2D eigenvalue weighted by molar-refractivity contribution is 7.89. The van der Waals surface area contributed by atoms with Crippen LogP contribution in [-0.2, 0) is 14.8 Å². The number of nitrogens with zero attached hydrogens (tertiary/aromatic N) is 2. The molecule has 2 N–H and O–H groups in total. The van der Waals surface area contributed by atoms with Crippen molar-refractivity contribution in [2.75, 3.05) is 46.4 Å². The molecule has 0 unspecified atom stereocenters. The number of hydrogen-bond acceptors (Lipinski definition) is 6. The lowest BCUT2D eigenvalue weighted by Crippen LogP contribution is -2.43. The second-order valence-corrected chi connectivity index (χ2v) is 11.4. The van der Waals surface area contributed by atoms with Gasteiger partial charge >= 0.3 is 0 Å². The molecule has 0 bridgehead atoms. The van der Waals surface area contributed by atoms with Crippen molar-refractivity contribution in [3.63, 3.8) is 0 Å². The van der Waals surface area contributed by atoms with E-state index in [0.29, 0.717) is 45.0 Å². The average Bonchev–Trinajstić information content (AvgIpc) is 3.40. The molecule has 10 heteroatoms. The molecule has 2 aromatic rings. The van der Waals surface area contributed by atoms with Crippen LogP contribution in [0.4, 0.5) is 8.78 Å². The Morgan fingerprint density at radius 2 is 1.74 bits per heavy atom. The van der Waals surface area contributed by atoms with Crippen molar-refractivity contribution in [2.24, 2.45) is 11.7 Å². The monoisotopic (exact) mass is 505 g/mol. The van der Waals surface area contributed by atoms with Crippen LogP contribution in [0.3, 0.4) is 0 Å². The van der Waals surface area contributed by atoms with Crippen LogP contribution in [-0.4, -0.2) is 70.1 Å². The Labute approximate surface area is 204 Å².